The predicted molar refractivity (Wildman–Crippen MR) is 72.7 cm³/mol. The van der Waals surface area contributed by atoms with E-state index in [9.17, 15) is 5.26 Å². The van der Waals surface area contributed by atoms with Gasteiger partial charge in [0.1, 0.15) is 0 Å². The molecule has 2 unspecified atom stereocenters. The fraction of sp³-hybridized carbons (Fsp3) is 0.188. The van der Waals surface area contributed by atoms with Crippen molar-refractivity contribution in [1.29, 1.82) is 5.26 Å². The number of nitrogens with zero attached hydrogens (tertiary/aromatic N) is 1. The maximum Gasteiger partial charge on any atom is 0.0906 e. The van der Waals surface area contributed by atoms with Gasteiger partial charge in [-0.25, -0.2) is 0 Å². The lowest BCUT2D eigenvalue weighted by molar-refractivity contribution is 0.583. The molecule has 2 nitrogen and oxygen atoms in total. The van der Waals surface area contributed by atoms with E-state index in [0.717, 1.165) is 5.70 Å². The molecular formula is C16H14N2. The first kappa shape index (κ1) is 10.9. The van der Waals surface area contributed by atoms with Crippen LogP contribution in [0.1, 0.15) is 18.5 Å². The van der Waals surface area contributed by atoms with Crippen LogP contribution in [-0.2, 0) is 0 Å². The van der Waals surface area contributed by atoms with Gasteiger partial charge in [-0.2, -0.15) is 5.26 Å². The third kappa shape index (κ3) is 1.65. The second-order valence-corrected chi connectivity index (χ2v) is 4.69. The highest BCUT2D eigenvalue weighted by Gasteiger charge is 2.27. The molecule has 2 atom stereocenters. The molecule has 2 heteroatoms. The molecule has 0 saturated heterocycles. The van der Waals surface area contributed by atoms with Crippen molar-refractivity contribution in [2.45, 2.75) is 13.0 Å². The van der Waals surface area contributed by atoms with Gasteiger partial charge in [0, 0.05) is 5.70 Å². The average Bonchev–Trinajstić information content (AvgIpc) is 2.79. The molecule has 1 aliphatic heterocycles. The second-order valence-electron chi connectivity index (χ2n) is 4.69. The van der Waals surface area contributed by atoms with Gasteiger partial charge in [-0.15, -0.1) is 0 Å². The summed E-state index contributed by atoms with van der Waals surface area (Å²) in [7, 11) is 0. The standard InChI is InChI=1S/C16H14N2/c1-11-9-13(10-17)16(18-11)15-8-4-6-12-5-2-3-7-14(12)15/h2-9,13,16,18H,1H3. The number of hydrogen-bond acceptors (Lipinski definition) is 2. The second kappa shape index (κ2) is 4.19. The van der Waals surface area contributed by atoms with Crippen molar-refractivity contribution in [1.82, 2.24) is 5.32 Å². The summed E-state index contributed by atoms with van der Waals surface area (Å²) in [5, 5.41) is 15.1. The number of benzene rings is 2. The fourth-order valence-corrected chi connectivity index (χ4v) is 2.65. The van der Waals surface area contributed by atoms with Crippen molar-refractivity contribution in [3.63, 3.8) is 0 Å². The smallest absolute Gasteiger partial charge is 0.0906 e. The van der Waals surface area contributed by atoms with Crippen LogP contribution in [0.2, 0.25) is 0 Å². The van der Waals surface area contributed by atoms with Crippen LogP contribution in [0.3, 0.4) is 0 Å². The van der Waals surface area contributed by atoms with E-state index < -0.39 is 0 Å². The van der Waals surface area contributed by atoms with Crippen LogP contribution >= 0.6 is 0 Å². The summed E-state index contributed by atoms with van der Waals surface area (Å²) in [4.78, 5) is 0. The highest BCUT2D eigenvalue weighted by atomic mass is 15.0. The number of rotatable bonds is 1. The Hall–Kier alpha value is -2.27. The molecule has 0 aliphatic carbocycles. The van der Waals surface area contributed by atoms with Gasteiger partial charge >= 0.3 is 0 Å². The third-order valence-corrected chi connectivity index (χ3v) is 3.48. The van der Waals surface area contributed by atoms with E-state index in [2.05, 4.69) is 41.7 Å². The molecule has 1 heterocycles. The summed E-state index contributed by atoms with van der Waals surface area (Å²) in [6.45, 7) is 2.01. The van der Waals surface area contributed by atoms with Gasteiger partial charge in [0.25, 0.3) is 0 Å². The summed E-state index contributed by atoms with van der Waals surface area (Å²) in [6.07, 6.45) is 2.01. The van der Waals surface area contributed by atoms with Crippen molar-refractivity contribution in [3.05, 3.63) is 59.8 Å². The Kier molecular flexibility index (Phi) is 2.53. The van der Waals surface area contributed by atoms with Crippen LogP contribution in [0.25, 0.3) is 10.8 Å². The van der Waals surface area contributed by atoms with Crippen LogP contribution in [0.15, 0.2) is 54.2 Å². The van der Waals surface area contributed by atoms with Gasteiger partial charge in [-0.05, 0) is 29.3 Å². The van der Waals surface area contributed by atoms with Gasteiger partial charge < -0.3 is 5.32 Å². The number of allylic oxidation sites excluding steroid dienone is 1. The maximum atomic E-state index is 9.25. The molecule has 0 fully saturated rings. The van der Waals surface area contributed by atoms with Gasteiger partial charge in [-0.3, -0.25) is 0 Å². The van der Waals surface area contributed by atoms with Crippen LogP contribution in [0, 0.1) is 17.2 Å². The minimum atomic E-state index is -0.0872. The summed E-state index contributed by atoms with van der Waals surface area (Å²) in [5.41, 5.74) is 2.28. The average molecular weight is 234 g/mol. The third-order valence-electron chi connectivity index (χ3n) is 3.48. The van der Waals surface area contributed by atoms with Crippen molar-refractivity contribution >= 4 is 10.8 Å². The lowest BCUT2D eigenvalue weighted by atomic mass is 9.92. The number of hydrogen-bond donors (Lipinski definition) is 1. The molecule has 2 aromatic rings. The lowest BCUT2D eigenvalue weighted by Gasteiger charge is -2.18. The largest absolute Gasteiger partial charge is 0.380 e. The molecule has 1 N–H and O–H groups in total. The minimum absolute atomic E-state index is 0.0705. The molecule has 18 heavy (non-hydrogen) atoms. The fourth-order valence-electron chi connectivity index (χ4n) is 2.65. The SMILES string of the molecule is CC1=CC(C#N)C(c2cccc3ccccc23)N1. The molecule has 0 saturated carbocycles. The highest BCUT2D eigenvalue weighted by Crippen LogP contribution is 2.33. The molecule has 3 rings (SSSR count). The van der Waals surface area contributed by atoms with E-state index in [4.69, 9.17) is 0 Å². The molecule has 0 radical (unpaired) electrons. The zero-order valence-electron chi connectivity index (χ0n) is 10.2. The zero-order valence-corrected chi connectivity index (χ0v) is 10.2. The maximum absolute atomic E-state index is 9.25. The quantitative estimate of drug-likeness (QED) is 0.819. The summed E-state index contributed by atoms with van der Waals surface area (Å²) in [5.74, 6) is -0.0872. The van der Waals surface area contributed by atoms with Crippen molar-refractivity contribution < 1.29 is 0 Å². The first-order valence-corrected chi connectivity index (χ1v) is 6.12. The van der Waals surface area contributed by atoms with Gasteiger partial charge in [0.15, 0.2) is 0 Å². The molecule has 1 aliphatic rings. The Labute approximate surface area is 107 Å². The van der Waals surface area contributed by atoms with Crippen LogP contribution in [0.5, 0.6) is 0 Å². The first-order valence-electron chi connectivity index (χ1n) is 6.12. The molecule has 0 aromatic heterocycles. The van der Waals surface area contributed by atoms with E-state index in [1.807, 2.05) is 25.1 Å². The van der Waals surface area contributed by atoms with Gasteiger partial charge in [0.05, 0.1) is 18.0 Å². The molecule has 0 spiro atoms. The summed E-state index contributed by atoms with van der Waals surface area (Å²) >= 11 is 0. The zero-order chi connectivity index (χ0) is 12.5. The lowest BCUT2D eigenvalue weighted by Crippen LogP contribution is -2.18. The Balaban J connectivity index is 2.14. The Morgan fingerprint density at radius 3 is 2.72 bits per heavy atom. The molecule has 0 amide bonds. The van der Waals surface area contributed by atoms with E-state index in [1.54, 1.807) is 0 Å². The van der Waals surface area contributed by atoms with Gasteiger partial charge in [0.2, 0.25) is 0 Å². The van der Waals surface area contributed by atoms with Crippen molar-refractivity contribution in [3.8, 4) is 6.07 Å². The van der Waals surface area contributed by atoms with E-state index >= 15 is 0 Å². The number of nitriles is 1. The van der Waals surface area contributed by atoms with Crippen LogP contribution in [-0.4, -0.2) is 0 Å². The first-order chi connectivity index (χ1) is 8.79. The molecule has 88 valence electrons. The minimum Gasteiger partial charge on any atom is -0.380 e. The monoisotopic (exact) mass is 234 g/mol. The molecular weight excluding hydrogens is 220 g/mol. The Morgan fingerprint density at radius 2 is 1.89 bits per heavy atom. The summed E-state index contributed by atoms with van der Waals surface area (Å²) < 4.78 is 0. The molecule has 2 aromatic carbocycles. The summed E-state index contributed by atoms with van der Waals surface area (Å²) in [6, 6.07) is 17.0. The van der Waals surface area contributed by atoms with E-state index in [0.29, 0.717) is 0 Å². The van der Waals surface area contributed by atoms with Crippen LogP contribution in [0.4, 0.5) is 0 Å². The van der Waals surface area contributed by atoms with Gasteiger partial charge in [-0.1, -0.05) is 42.5 Å². The normalized spacial score (nSPS) is 22.3. The van der Waals surface area contributed by atoms with Crippen molar-refractivity contribution in [2.75, 3.05) is 0 Å². The Morgan fingerprint density at radius 1 is 1.11 bits per heavy atom. The van der Waals surface area contributed by atoms with E-state index in [-0.39, 0.29) is 12.0 Å². The molecule has 0 bridgehead atoms. The predicted octanol–water partition coefficient (Wildman–Crippen LogP) is 3.53. The highest BCUT2D eigenvalue weighted by molar-refractivity contribution is 5.86. The van der Waals surface area contributed by atoms with E-state index in [1.165, 1.54) is 16.3 Å². The Bertz CT molecular complexity index is 659. The van der Waals surface area contributed by atoms with Crippen LogP contribution < -0.4 is 5.32 Å². The topological polar surface area (TPSA) is 35.8 Å². The number of fused-ring (bicyclic) bond motifs is 1. The van der Waals surface area contributed by atoms with Crippen molar-refractivity contribution in [2.24, 2.45) is 5.92 Å². The number of nitrogens with one attached hydrogen (secondary N) is 1.